The topological polar surface area (TPSA) is 49.7 Å². The Labute approximate surface area is 61.2 Å². The number of allylic oxidation sites excluding steroid dienone is 1. The van der Waals surface area contributed by atoms with E-state index in [2.05, 4.69) is 17.7 Å². The molecule has 0 atom stereocenters. The molecule has 0 bridgehead atoms. The average molecular weight is 164 g/mol. The molecule has 0 aliphatic carbocycles. The molecular weight excluding hydrogens is 151 g/mol. The van der Waals surface area contributed by atoms with Gasteiger partial charge in [0.15, 0.2) is 0 Å². The van der Waals surface area contributed by atoms with Crippen molar-refractivity contribution in [3.05, 3.63) is 25.3 Å². The molecule has 0 saturated heterocycles. The molecule has 0 amide bonds. The third-order valence-electron chi connectivity index (χ3n) is 0.843. The summed E-state index contributed by atoms with van der Waals surface area (Å²) in [5.74, 6) is 0. The van der Waals surface area contributed by atoms with E-state index < -0.39 is 7.94 Å². The molecule has 0 aliphatic rings. The van der Waals surface area contributed by atoms with Crippen LogP contribution in [0.1, 0.15) is 0 Å². The molecule has 60 valence electrons. The fourth-order valence-electron chi connectivity index (χ4n) is 0.439. The van der Waals surface area contributed by atoms with E-state index in [1.807, 2.05) is 0 Å². The standard InChI is InChI=1S/C6H13O3P/c1-3-5-9-10(7,8)6-4-2/h3-4,7-8,10H,1-2,5-6H2. The van der Waals surface area contributed by atoms with Crippen molar-refractivity contribution in [3.63, 3.8) is 0 Å². The summed E-state index contributed by atoms with van der Waals surface area (Å²) >= 11 is 0. The van der Waals surface area contributed by atoms with Crippen LogP contribution < -0.4 is 0 Å². The van der Waals surface area contributed by atoms with Crippen LogP contribution in [0.4, 0.5) is 0 Å². The van der Waals surface area contributed by atoms with Crippen molar-refractivity contribution in [1.29, 1.82) is 0 Å². The molecule has 0 unspecified atom stereocenters. The van der Waals surface area contributed by atoms with Crippen molar-refractivity contribution >= 4 is 7.94 Å². The van der Waals surface area contributed by atoms with Crippen LogP contribution in [-0.4, -0.2) is 22.6 Å². The molecule has 3 nitrogen and oxygen atoms in total. The van der Waals surface area contributed by atoms with Crippen molar-refractivity contribution in [2.75, 3.05) is 12.8 Å². The Balaban J connectivity index is 3.61. The second-order valence-corrected chi connectivity index (χ2v) is 4.02. The van der Waals surface area contributed by atoms with Crippen LogP contribution in [0.3, 0.4) is 0 Å². The summed E-state index contributed by atoms with van der Waals surface area (Å²) in [7, 11) is -3.41. The van der Waals surface area contributed by atoms with Gasteiger partial charge in [0.25, 0.3) is 0 Å². The van der Waals surface area contributed by atoms with Gasteiger partial charge in [-0.2, -0.15) is 0 Å². The van der Waals surface area contributed by atoms with E-state index in [4.69, 9.17) is 9.79 Å². The van der Waals surface area contributed by atoms with Crippen LogP contribution in [-0.2, 0) is 4.52 Å². The van der Waals surface area contributed by atoms with Crippen LogP contribution in [0.5, 0.6) is 0 Å². The molecule has 0 aliphatic heterocycles. The zero-order valence-corrected chi connectivity index (χ0v) is 6.79. The summed E-state index contributed by atoms with van der Waals surface area (Å²) in [4.78, 5) is 18.0. The van der Waals surface area contributed by atoms with E-state index in [0.29, 0.717) is 0 Å². The summed E-state index contributed by atoms with van der Waals surface area (Å²) in [6.07, 6.45) is 3.02. The summed E-state index contributed by atoms with van der Waals surface area (Å²) in [6, 6.07) is 0. The fourth-order valence-corrected chi connectivity index (χ4v) is 1.32. The Bertz CT molecular complexity index is 122. The van der Waals surface area contributed by atoms with Crippen LogP contribution in [0.15, 0.2) is 25.3 Å². The third kappa shape index (κ3) is 4.65. The van der Waals surface area contributed by atoms with Crippen molar-refractivity contribution in [1.82, 2.24) is 0 Å². The first kappa shape index (κ1) is 9.79. The minimum atomic E-state index is -3.41. The monoisotopic (exact) mass is 164 g/mol. The molecule has 2 N–H and O–H groups in total. The van der Waals surface area contributed by atoms with Gasteiger partial charge in [-0.15, -0.1) is 0 Å². The van der Waals surface area contributed by atoms with Gasteiger partial charge in [-0.1, -0.05) is 0 Å². The fraction of sp³-hybridized carbons (Fsp3) is 0.333. The molecule has 0 saturated carbocycles. The van der Waals surface area contributed by atoms with Crippen molar-refractivity contribution in [3.8, 4) is 0 Å². The second kappa shape index (κ2) is 4.58. The molecule has 0 spiro atoms. The predicted molar refractivity (Wildman–Crippen MR) is 44.0 cm³/mol. The van der Waals surface area contributed by atoms with Gasteiger partial charge in [0.1, 0.15) is 0 Å². The maximum absolute atomic E-state index is 9.00. The third-order valence-corrected chi connectivity index (χ3v) is 2.29. The molecule has 0 aromatic rings. The second-order valence-electron chi connectivity index (χ2n) is 1.84. The van der Waals surface area contributed by atoms with Crippen molar-refractivity contribution < 1.29 is 14.3 Å². The van der Waals surface area contributed by atoms with Crippen molar-refractivity contribution in [2.45, 2.75) is 0 Å². The van der Waals surface area contributed by atoms with Gasteiger partial charge in [0.05, 0.1) is 0 Å². The van der Waals surface area contributed by atoms with Gasteiger partial charge in [-0.25, -0.2) is 0 Å². The van der Waals surface area contributed by atoms with E-state index in [0.717, 1.165) is 0 Å². The predicted octanol–water partition coefficient (Wildman–Crippen LogP) is 0.854. The van der Waals surface area contributed by atoms with Gasteiger partial charge in [-0.3, -0.25) is 0 Å². The van der Waals surface area contributed by atoms with Gasteiger partial charge in [-0.05, 0) is 0 Å². The van der Waals surface area contributed by atoms with Crippen LogP contribution in [0.25, 0.3) is 0 Å². The minimum absolute atomic E-state index is 0.126. The zero-order valence-electron chi connectivity index (χ0n) is 5.79. The van der Waals surface area contributed by atoms with E-state index in [1.165, 1.54) is 12.2 Å². The number of hydrogen-bond acceptors (Lipinski definition) is 3. The van der Waals surface area contributed by atoms with E-state index in [9.17, 15) is 0 Å². The first-order valence-corrected chi connectivity index (χ1v) is 4.94. The van der Waals surface area contributed by atoms with Gasteiger partial charge in [0, 0.05) is 0 Å². The number of rotatable bonds is 5. The molecule has 0 fully saturated rings. The average Bonchev–Trinajstić information content (AvgIpc) is 1.84. The summed E-state index contributed by atoms with van der Waals surface area (Å²) in [5, 5.41) is 0. The quantitative estimate of drug-likeness (QED) is 0.468. The first-order chi connectivity index (χ1) is 4.62. The Morgan fingerprint density at radius 2 is 1.90 bits per heavy atom. The van der Waals surface area contributed by atoms with Gasteiger partial charge >= 0.3 is 60.3 Å². The Kier molecular flexibility index (Phi) is 4.49. The zero-order chi connectivity index (χ0) is 8.04. The molecule has 0 rings (SSSR count). The van der Waals surface area contributed by atoms with E-state index in [1.54, 1.807) is 0 Å². The van der Waals surface area contributed by atoms with Gasteiger partial charge in [0.2, 0.25) is 0 Å². The van der Waals surface area contributed by atoms with Gasteiger partial charge < -0.3 is 0 Å². The molecule has 0 aromatic carbocycles. The molecule has 10 heavy (non-hydrogen) atoms. The maximum atomic E-state index is 9.00. The van der Waals surface area contributed by atoms with Crippen LogP contribution >= 0.6 is 7.94 Å². The first-order valence-electron chi connectivity index (χ1n) is 2.93. The van der Waals surface area contributed by atoms with Crippen LogP contribution in [0.2, 0.25) is 0 Å². The van der Waals surface area contributed by atoms with Crippen LogP contribution in [0, 0.1) is 0 Å². The Morgan fingerprint density at radius 3 is 2.30 bits per heavy atom. The molecule has 0 radical (unpaired) electrons. The molecule has 0 heterocycles. The SMILES string of the molecule is C=CCO[PH](O)(O)CC=C. The molecular formula is C6H13O3P. The van der Waals surface area contributed by atoms with E-state index >= 15 is 0 Å². The van der Waals surface area contributed by atoms with E-state index in [-0.39, 0.29) is 12.8 Å². The molecule has 4 heteroatoms. The normalized spacial score (nSPS) is 12.6. The Hall–Kier alpha value is -0.210. The molecule has 0 aromatic heterocycles. The summed E-state index contributed by atoms with van der Waals surface area (Å²) < 4.78 is 4.68. The summed E-state index contributed by atoms with van der Waals surface area (Å²) in [6.45, 7) is 6.91. The summed E-state index contributed by atoms with van der Waals surface area (Å²) in [5.41, 5.74) is 0. The van der Waals surface area contributed by atoms with Crippen molar-refractivity contribution in [2.24, 2.45) is 0 Å². The Morgan fingerprint density at radius 1 is 1.30 bits per heavy atom. The number of hydrogen-bond donors (Lipinski definition) is 2.